The number of carbonyl (C=O) groups is 2. The first kappa shape index (κ1) is 19.0. The third-order valence-electron chi connectivity index (χ3n) is 4.33. The summed E-state index contributed by atoms with van der Waals surface area (Å²) < 4.78 is 16.4. The Kier molecular flexibility index (Phi) is 6.49. The molecule has 1 saturated heterocycles. The number of likely N-dealkylation sites (N-methyl/N-ethyl adjacent to an activating group) is 1. The molecule has 2 aromatic rings. The lowest BCUT2D eigenvalue weighted by molar-refractivity contribution is -0.121. The van der Waals surface area contributed by atoms with Gasteiger partial charge in [-0.1, -0.05) is 0 Å². The maximum absolute atomic E-state index is 12.5. The molecule has 27 heavy (non-hydrogen) atoms. The van der Waals surface area contributed by atoms with Gasteiger partial charge in [0.15, 0.2) is 0 Å². The Morgan fingerprint density at radius 1 is 1.26 bits per heavy atom. The van der Waals surface area contributed by atoms with Crippen LogP contribution in [0.15, 0.2) is 47.1 Å². The maximum Gasteiger partial charge on any atom is 0.254 e. The van der Waals surface area contributed by atoms with Crippen molar-refractivity contribution in [2.45, 2.75) is 25.5 Å². The van der Waals surface area contributed by atoms with E-state index in [2.05, 4.69) is 5.32 Å². The van der Waals surface area contributed by atoms with E-state index in [1.54, 1.807) is 49.7 Å². The maximum atomic E-state index is 12.5. The van der Waals surface area contributed by atoms with Gasteiger partial charge in [-0.05, 0) is 49.2 Å². The minimum atomic E-state index is -0.251. The average molecular weight is 372 g/mol. The highest BCUT2D eigenvalue weighted by Gasteiger charge is 2.17. The molecule has 1 aliphatic rings. The van der Waals surface area contributed by atoms with Crippen molar-refractivity contribution in [3.8, 4) is 5.75 Å². The molecule has 0 spiro atoms. The van der Waals surface area contributed by atoms with Crippen molar-refractivity contribution in [2.24, 2.45) is 0 Å². The Hall–Kier alpha value is -2.80. The number of nitrogens with one attached hydrogen (secondary N) is 1. The molecule has 0 bridgehead atoms. The van der Waals surface area contributed by atoms with E-state index in [9.17, 15) is 9.59 Å². The second-order valence-electron chi connectivity index (χ2n) is 6.49. The molecule has 7 heteroatoms. The number of nitrogens with zero attached hydrogens (tertiary/aromatic N) is 1. The highest BCUT2D eigenvalue weighted by molar-refractivity contribution is 5.96. The van der Waals surface area contributed by atoms with Crippen molar-refractivity contribution in [3.63, 3.8) is 0 Å². The van der Waals surface area contributed by atoms with Gasteiger partial charge >= 0.3 is 0 Å². The van der Waals surface area contributed by atoms with Crippen molar-refractivity contribution in [1.82, 2.24) is 10.2 Å². The van der Waals surface area contributed by atoms with E-state index in [-0.39, 0.29) is 24.5 Å². The Labute approximate surface area is 158 Å². The molecule has 0 radical (unpaired) electrons. The molecule has 2 amide bonds. The van der Waals surface area contributed by atoms with Crippen LogP contribution >= 0.6 is 0 Å². The van der Waals surface area contributed by atoms with Crippen molar-refractivity contribution in [3.05, 3.63) is 54.0 Å². The van der Waals surface area contributed by atoms with Crippen LogP contribution in [0.5, 0.6) is 5.75 Å². The Morgan fingerprint density at radius 3 is 2.74 bits per heavy atom. The molecule has 1 atom stereocenters. The fourth-order valence-corrected chi connectivity index (χ4v) is 2.82. The van der Waals surface area contributed by atoms with Crippen molar-refractivity contribution in [2.75, 3.05) is 26.8 Å². The van der Waals surface area contributed by atoms with Crippen molar-refractivity contribution < 1.29 is 23.5 Å². The third kappa shape index (κ3) is 5.59. The summed E-state index contributed by atoms with van der Waals surface area (Å²) in [7, 11) is 1.59. The second-order valence-corrected chi connectivity index (χ2v) is 6.49. The van der Waals surface area contributed by atoms with Gasteiger partial charge in [0.25, 0.3) is 5.91 Å². The fraction of sp³-hybridized carbons (Fsp3) is 0.400. The molecule has 0 aliphatic carbocycles. The summed E-state index contributed by atoms with van der Waals surface area (Å²) in [5.41, 5.74) is 0.501. The summed E-state index contributed by atoms with van der Waals surface area (Å²) in [5, 5.41) is 2.72. The first-order valence-corrected chi connectivity index (χ1v) is 9.01. The summed E-state index contributed by atoms with van der Waals surface area (Å²) >= 11 is 0. The van der Waals surface area contributed by atoms with E-state index in [4.69, 9.17) is 13.9 Å². The summed E-state index contributed by atoms with van der Waals surface area (Å²) in [5.74, 6) is 0.879. The van der Waals surface area contributed by atoms with Gasteiger partial charge in [0.2, 0.25) is 5.91 Å². The van der Waals surface area contributed by atoms with Crippen LogP contribution in [0.1, 0.15) is 29.0 Å². The predicted octanol–water partition coefficient (Wildman–Crippen LogP) is 2.23. The van der Waals surface area contributed by atoms with Gasteiger partial charge in [-0.2, -0.15) is 0 Å². The number of rotatable bonds is 8. The standard InChI is InChI=1S/C20H24N2O5/c1-22(13-19(23)21-12-17-4-2-10-25-17)20(24)15-6-8-16(9-7-15)27-14-18-5-3-11-26-18/h2,4,6-10,18H,3,5,11-14H2,1H3,(H,21,23). The predicted molar refractivity (Wildman–Crippen MR) is 98.4 cm³/mol. The quantitative estimate of drug-likeness (QED) is 0.769. The van der Waals surface area contributed by atoms with Crippen LogP contribution in [-0.4, -0.2) is 49.6 Å². The van der Waals surface area contributed by atoms with Crippen molar-refractivity contribution in [1.29, 1.82) is 0 Å². The Bertz CT molecular complexity index is 736. The third-order valence-corrected chi connectivity index (χ3v) is 4.33. The number of carbonyl (C=O) groups excluding carboxylic acids is 2. The van der Waals surface area contributed by atoms with Crippen LogP contribution in [0, 0.1) is 0 Å². The van der Waals surface area contributed by atoms with Crippen LogP contribution in [0.4, 0.5) is 0 Å². The molecule has 1 unspecified atom stereocenters. The number of hydrogen-bond acceptors (Lipinski definition) is 5. The number of amides is 2. The molecule has 7 nitrogen and oxygen atoms in total. The van der Waals surface area contributed by atoms with Crippen molar-refractivity contribution >= 4 is 11.8 Å². The lowest BCUT2D eigenvalue weighted by Gasteiger charge is -2.17. The molecule has 144 valence electrons. The molecule has 2 heterocycles. The van der Waals surface area contributed by atoms with E-state index in [1.165, 1.54) is 4.90 Å². The Balaban J connectivity index is 1.44. The summed E-state index contributed by atoms with van der Waals surface area (Å²) in [4.78, 5) is 25.8. The minimum Gasteiger partial charge on any atom is -0.491 e. The first-order chi connectivity index (χ1) is 13.1. The molecular formula is C20H24N2O5. The SMILES string of the molecule is CN(CC(=O)NCc1ccco1)C(=O)c1ccc(OCC2CCCO2)cc1. The summed E-state index contributed by atoms with van der Waals surface area (Å²) in [6.07, 6.45) is 3.79. The van der Waals surface area contributed by atoms with Crippen LogP contribution in [0.3, 0.4) is 0 Å². The van der Waals surface area contributed by atoms with Gasteiger partial charge in [0, 0.05) is 19.2 Å². The number of ether oxygens (including phenoxy) is 2. The largest absolute Gasteiger partial charge is 0.491 e. The van der Waals surface area contributed by atoms with Crippen LogP contribution < -0.4 is 10.1 Å². The van der Waals surface area contributed by atoms with Gasteiger partial charge < -0.3 is 24.1 Å². The zero-order valence-corrected chi connectivity index (χ0v) is 15.3. The van der Waals surface area contributed by atoms with E-state index >= 15 is 0 Å². The highest BCUT2D eigenvalue weighted by Crippen LogP contribution is 2.17. The smallest absolute Gasteiger partial charge is 0.254 e. The molecule has 1 aromatic heterocycles. The molecule has 1 aliphatic heterocycles. The number of benzene rings is 1. The van der Waals surface area contributed by atoms with Crippen LogP contribution in [-0.2, 0) is 16.1 Å². The highest BCUT2D eigenvalue weighted by atomic mass is 16.5. The zero-order chi connectivity index (χ0) is 19.1. The zero-order valence-electron chi connectivity index (χ0n) is 15.3. The summed E-state index contributed by atoms with van der Waals surface area (Å²) in [6, 6.07) is 10.4. The van der Waals surface area contributed by atoms with Gasteiger partial charge in [-0.15, -0.1) is 0 Å². The van der Waals surface area contributed by atoms with Gasteiger partial charge in [0.05, 0.1) is 25.5 Å². The number of furan rings is 1. The number of hydrogen-bond donors (Lipinski definition) is 1. The molecule has 1 N–H and O–H groups in total. The van der Waals surface area contributed by atoms with E-state index in [0.717, 1.165) is 19.4 Å². The monoisotopic (exact) mass is 372 g/mol. The lowest BCUT2D eigenvalue weighted by Crippen LogP contribution is -2.38. The molecular weight excluding hydrogens is 348 g/mol. The minimum absolute atomic E-state index is 0.0309. The molecule has 1 fully saturated rings. The fourth-order valence-electron chi connectivity index (χ4n) is 2.82. The van der Waals surface area contributed by atoms with Crippen LogP contribution in [0.2, 0.25) is 0 Å². The van der Waals surface area contributed by atoms with E-state index in [1.807, 2.05) is 0 Å². The topological polar surface area (TPSA) is 81.0 Å². The first-order valence-electron chi connectivity index (χ1n) is 9.01. The lowest BCUT2D eigenvalue weighted by atomic mass is 10.2. The summed E-state index contributed by atoms with van der Waals surface area (Å²) in [6.45, 7) is 1.58. The molecule has 3 rings (SSSR count). The molecule has 0 saturated carbocycles. The van der Waals surface area contributed by atoms with E-state index in [0.29, 0.717) is 30.2 Å². The van der Waals surface area contributed by atoms with E-state index < -0.39 is 0 Å². The normalized spacial score (nSPS) is 16.1. The van der Waals surface area contributed by atoms with Crippen LogP contribution in [0.25, 0.3) is 0 Å². The Morgan fingerprint density at radius 2 is 2.07 bits per heavy atom. The van der Waals surface area contributed by atoms with Gasteiger partial charge in [-0.3, -0.25) is 9.59 Å². The van der Waals surface area contributed by atoms with Gasteiger partial charge in [-0.25, -0.2) is 0 Å². The van der Waals surface area contributed by atoms with Gasteiger partial charge in [0.1, 0.15) is 18.1 Å². The second kappa shape index (κ2) is 9.23. The average Bonchev–Trinajstić information content (AvgIpc) is 3.38. The molecule has 1 aromatic carbocycles.